The molecule has 3 heterocycles. The number of amides is 1. The maximum absolute atomic E-state index is 14.7. The summed E-state index contributed by atoms with van der Waals surface area (Å²) in [6, 6.07) is 13.2. The number of fused-ring (bicyclic) bond motifs is 2. The molecule has 4 aliphatic rings. The van der Waals surface area contributed by atoms with Crippen LogP contribution in [0.25, 0.3) is 0 Å². The number of ether oxygens (including phenoxy) is 1. The molecule has 234 valence electrons. The van der Waals surface area contributed by atoms with Crippen LogP contribution in [-0.2, 0) is 23.0 Å². The number of nitriles is 1. The maximum atomic E-state index is 14.7. The molecule has 2 aliphatic carbocycles. The molecule has 1 saturated carbocycles. The Kier molecular flexibility index (Phi) is 8.10. The molecule has 10 nitrogen and oxygen atoms in total. The van der Waals surface area contributed by atoms with Gasteiger partial charge in [-0.2, -0.15) is 10.5 Å². The molecule has 0 bridgehead atoms. The highest BCUT2D eigenvalue weighted by Gasteiger charge is 2.45. The molecule has 2 saturated heterocycles. The number of H-pyrrole nitrogens is 1. The molecule has 1 aromatic heterocycles. The summed E-state index contributed by atoms with van der Waals surface area (Å²) in [7, 11) is 0. The number of hydrogen-bond donors (Lipinski definition) is 2. The van der Waals surface area contributed by atoms with E-state index in [1.54, 1.807) is 6.07 Å². The Balaban J connectivity index is 1.18. The van der Waals surface area contributed by atoms with E-state index >= 15 is 0 Å². The summed E-state index contributed by atoms with van der Waals surface area (Å²) in [5.74, 6) is 1.53. The van der Waals surface area contributed by atoms with Crippen LogP contribution in [0.5, 0.6) is 0 Å². The van der Waals surface area contributed by atoms with Gasteiger partial charge in [0.1, 0.15) is 11.9 Å². The van der Waals surface area contributed by atoms with E-state index in [9.17, 15) is 14.4 Å². The Morgan fingerprint density at radius 1 is 1.13 bits per heavy atom. The smallest absolute Gasteiger partial charge is 0.254 e. The quantitative estimate of drug-likeness (QED) is 0.354. The number of rotatable bonds is 9. The average molecular weight is 611 g/mol. The van der Waals surface area contributed by atoms with Gasteiger partial charge >= 0.3 is 0 Å². The third kappa shape index (κ3) is 5.62. The first-order valence-corrected chi connectivity index (χ1v) is 16.1. The van der Waals surface area contributed by atoms with Gasteiger partial charge in [-0.05, 0) is 103 Å². The molecule has 45 heavy (non-hydrogen) atoms. The minimum absolute atomic E-state index is 0.0132. The number of nitrogens with one attached hydrogen (secondary N) is 2. The molecule has 2 unspecified atom stereocenters. The van der Waals surface area contributed by atoms with Crippen LogP contribution >= 0.6 is 0 Å². The van der Waals surface area contributed by atoms with E-state index in [4.69, 9.17) is 4.74 Å². The minimum Gasteiger partial charge on any atom is -0.378 e. The molecule has 2 aromatic carbocycles. The van der Waals surface area contributed by atoms with E-state index in [-0.39, 0.29) is 17.8 Å². The summed E-state index contributed by atoms with van der Waals surface area (Å²) >= 11 is 0. The monoisotopic (exact) mass is 610 g/mol. The second-order valence-electron chi connectivity index (χ2n) is 12.8. The van der Waals surface area contributed by atoms with Crippen molar-refractivity contribution in [1.82, 2.24) is 35.7 Å². The van der Waals surface area contributed by atoms with Crippen molar-refractivity contribution in [2.75, 3.05) is 45.9 Å². The summed E-state index contributed by atoms with van der Waals surface area (Å²) in [5, 5.41) is 29.0. The molecule has 0 spiro atoms. The van der Waals surface area contributed by atoms with Crippen LogP contribution in [0, 0.1) is 29.0 Å². The summed E-state index contributed by atoms with van der Waals surface area (Å²) in [6.45, 7) is 8.58. The van der Waals surface area contributed by atoms with Crippen molar-refractivity contribution >= 4 is 5.91 Å². The summed E-state index contributed by atoms with van der Waals surface area (Å²) in [4.78, 5) is 17.5. The van der Waals surface area contributed by atoms with Crippen molar-refractivity contribution in [2.24, 2.45) is 11.8 Å². The predicted octanol–water partition coefficient (Wildman–Crippen LogP) is 3.36. The number of benzene rings is 2. The second-order valence-corrected chi connectivity index (χ2v) is 12.8. The van der Waals surface area contributed by atoms with Crippen LogP contribution in [0.1, 0.15) is 64.1 Å². The molecular formula is C34H39FN8O2. The lowest BCUT2D eigenvalue weighted by Gasteiger charge is -2.34. The Morgan fingerprint density at radius 2 is 1.89 bits per heavy atom. The first-order valence-electron chi connectivity index (χ1n) is 16.1. The fraction of sp³-hybridized carbons (Fsp3) is 0.500. The van der Waals surface area contributed by atoms with Crippen molar-refractivity contribution in [3.8, 4) is 6.07 Å². The van der Waals surface area contributed by atoms with Crippen molar-refractivity contribution < 1.29 is 13.9 Å². The van der Waals surface area contributed by atoms with Gasteiger partial charge in [-0.25, -0.2) is 4.39 Å². The highest BCUT2D eigenvalue weighted by molar-refractivity contribution is 5.94. The highest BCUT2D eigenvalue weighted by atomic mass is 19.1. The number of likely N-dealkylation sites (tertiary alicyclic amines) is 1. The number of carbonyl (C=O) groups is 1. The number of aromatic nitrogens is 4. The van der Waals surface area contributed by atoms with Gasteiger partial charge in [0.05, 0.1) is 24.7 Å². The minimum atomic E-state index is -0.837. The van der Waals surface area contributed by atoms with Gasteiger partial charge in [-0.3, -0.25) is 4.79 Å². The zero-order valence-corrected chi connectivity index (χ0v) is 25.5. The zero-order chi connectivity index (χ0) is 31.0. The average Bonchev–Trinajstić information content (AvgIpc) is 3.62. The van der Waals surface area contributed by atoms with E-state index in [0.29, 0.717) is 76.0 Å². The summed E-state index contributed by atoms with van der Waals surface area (Å²) in [6.07, 6.45) is 5.29. The first kappa shape index (κ1) is 29.6. The third-order valence-electron chi connectivity index (χ3n) is 10.2. The van der Waals surface area contributed by atoms with Gasteiger partial charge in [-0.1, -0.05) is 23.9 Å². The number of carbonyl (C=O) groups excluding carboxylic acids is 1. The van der Waals surface area contributed by atoms with Crippen LogP contribution in [0.15, 0.2) is 48.7 Å². The Hall–Kier alpha value is -4.14. The van der Waals surface area contributed by atoms with Gasteiger partial charge < -0.3 is 19.9 Å². The second kappa shape index (κ2) is 12.3. The van der Waals surface area contributed by atoms with E-state index in [2.05, 4.69) is 43.5 Å². The van der Waals surface area contributed by atoms with Gasteiger partial charge in [-0.15, -0.1) is 10.2 Å². The van der Waals surface area contributed by atoms with Crippen LogP contribution in [0.3, 0.4) is 0 Å². The van der Waals surface area contributed by atoms with E-state index < -0.39 is 5.41 Å². The van der Waals surface area contributed by atoms with Gasteiger partial charge in [0.2, 0.25) is 0 Å². The van der Waals surface area contributed by atoms with Gasteiger partial charge in [0.25, 0.3) is 5.91 Å². The number of aromatic amines is 1. The van der Waals surface area contributed by atoms with E-state index in [1.807, 2.05) is 29.2 Å². The standard InChI is InChI=1S/C34H39FN8O2/c1-22(43-21-27(23-2-3-23)18-29(43)19-36)20-37-11-10-34(33-38-40-41-39-33)30-8-6-26(32(44)42-12-14-45-15-13-42)16-24(30)4-5-25-17-28(35)7-9-31(25)34/h6-9,16-17,23,27,29,37H,1-5,10-15,18,20-21H2,(H,38,39,40,41)/t27-,29?,34?/m1/s1. The molecule has 2 N–H and O–H groups in total. The van der Waals surface area contributed by atoms with Crippen LogP contribution in [-0.4, -0.2) is 88.3 Å². The highest BCUT2D eigenvalue weighted by Crippen LogP contribution is 2.46. The molecule has 3 atom stereocenters. The fourth-order valence-electron chi connectivity index (χ4n) is 7.72. The molecule has 2 aliphatic heterocycles. The number of halogens is 1. The molecule has 0 radical (unpaired) electrons. The first-order chi connectivity index (χ1) is 22.0. The number of morpholine rings is 1. The van der Waals surface area contributed by atoms with Gasteiger partial charge in [0, 0.05) is 37.4 Å². The molecular weight excluding hydrogens is 571 g/mol. The Bertz CT molecular complexity index is 1610. The summed E-state index contributed by atoms with van der Waals surface area (Å²) in [5.41, 5.74) is 4.55. The molecule has 3 aromatic rings. The van der Waals surface area contributed by atoms with Crippen molar-refractivity contribution in [2.45, 2.75) is 50.0 Å². The van der Waals surface area contributed by atoms with E-state index in [0.717, 1.165) is 46.8 Å². The van der Waals surface area contributed by atoms with Crippen LogP contribution in [0.4, 0.5) is 4.39 Å². The Morgan fingerprint density at radius 3 is 2.60 bits per heavy atom. The van der Waals surface area contributed by atoms with Crippen molar-refractivity contribution in [3.05, 3.63) is 88.1 Å². The molecule has 7 rings (SSSR count). The normalized spacial score (nSPS) is 24.4. The lowest BCUT2D eigenvalue weighted by Crippen LogP contribution is -2.41. The largest absolute Gasteiger partial charge is 0.378 e. The maximum Gasteiger partial charge on any atom is 0.254 e. The molecule has 11 heteroatoms. The number of aryl methyl sites for hydroxylation is 2. The van der Waals surface area contributed by atoms with Crippen LogP contribution in [0.2, 0.25) is 0 Å². The van der Waals surface area contributed by atoms with Crippen molar-refractivity contribution in [3.63, 3.8) is 0 Å². The number of hydrogen-bond acceptors (Lipinski definition) is 8. The van der Waals surface area contributed by atoms with Crippen molar-refractivity contribution in [1.29, 1.82) is 5.26 Å². The number of nitrogens with zero attached hydrogens (tertiary/aromatic N) is 6. The lowest BCUT2D eigenvalue weighted by molar-refractivity contribution is 0.0303. The zero-order valence-electron chi connectivity index (χ0n) is 25.5. The molecule has 3 fully saturated rings. The topological polar surface area (TPSA) is 123 Å². The predicted molar refractivity (Wildman–Crippen MR) is 165 cm³/mol. The summed E-state index contributed by atoms with van der Waals surface area (Å²) < 4.78 is 20.1. The lowest BCUT2D eigenvalue weighted by atomic mass is 9.69. The third-order valence-corrected chi connectivity index (χ3v) is 10.2. The Labute approximate surface area is 262 Å². The van der Waals surface area contributed by atoms with E-state index in [1.165, 1.54) is 18.9 Å². The van der Waals surface area contributed by atoms with Crippen LogP contribution < -0.4 is 5.32 Å². The number of tetrazole rings is 1. The van der Waals surface area contributed by atoms with Gasteiger partial charge in [0.15, 0.2) is 5.82 Å². The fourth-order valence-corrected chi connectivity index (χ4v) is 7.72. The SMILES string of the molecule is C=C(CNCCC1(c2nn[nH]n2)c2ccc(F)cc2CCc2cc(C(=O)N3CCOCC3)ccc21)N1C[C@H](C2CC2)CC1C#N. The molecule has 1 amide bonds.